The Kier molecular flexibility index (Phi) is 14.7. The second-order valence-corrected chi connectivity index (χ2v) is 14.5. The molecule has 2 bridgehead atoms. The summed E-state index contributed by atoms with van der Waals surface area (Å²) in [5.41, 5.74) is 0.785. The zero-order chi connectivity index (χ0) is 28.1. The topological polar surface area (TPSA) is 167 Å². The number of carboxylic acid groups (broad SMARTS) is 3. The molecule has 13 nitrogen and oxygen atoms in total. The number of hydrogen-bond donors (Lipinski definition) is 4. The second kappa shape index (κ2) is 17.1. The van der Waals surface area contributed by atoms with Gasteiger partial charge in [-0.15, -0.1) is 0 Å². The van der Waals surface area contributed by atoms with E-state index in [9.17, 15) is 34.5 Å². The molecule has 216 valence electrons. The molecule has 1 aromatic heterocycles. The van der Waals surface area contributed by atoms with Crippen LogP contribution in [0.3, 0.4) is 0 Å². The van der Waals surface area contributed by atoms with Crippen molar-refractivity contribution in [3.05, 3.63) is 27.6 Å². The van der Waals surface area contributed by atoms with E-state index in [2.05, 4.69) is 15.2 Å². The molecule has 1 aromatic rings. The Morgan fingerprint density at radius 1 is 1.08 bits per heavy atom. The van der Waals surface area contributed by atoms with Crippen LogP contribution in [0.1, 0.15) is 25.0 Å². The fourth-order valence-corrected chi connectivity index (χ4v) is 8.66. The summed E-state index contributed by atoms with van der Waals surface area (Å²) >= 11 is -1.47. The molecule has 0 aromatic carbocycles. The molecule has 15 heteroatoms. The third kappa shape index (κ3) is 12.9. The van der Waals surface area contributed by atoms with Crippen LogP contribution in [0.4, 0.5) is 0 Å². The van der Waals surface area contributed by atoms with Gasteiger partial charge >= 0.3 is 245 Å². The van der Waals surface area contributed by atoms with Gasteiger partial charge in [-0.25, -0.2) is 0 Å². The van der Waals surface area contributed by atoms with Crippen molar-refractivity contribution in [3.8, 4) is 0 Å². The van der Waals surface area contributed by atoms with Crippen LogP contribution in [-0.4, -0.2) is 124 Å². The van der Waals surface area contributed by atoms with Gasteiger partial charge in [0, 0.05) is 0 Å². The van der Waals surface area contributed by atoms with E-state index < -0.39 is 66.9 Å². The van der Waals surface area contributed by atoms with Gasteiger partial charge in [-0.05, 0) is 0 Å². The average molecular weight is 762 g/mol. The number of carbonyl (C=O) groups is 4. The minimum atomic E-state index is -0.958. The molecule has 1 atom stereocenters. The van der Waals surface area contributed by atoms with Gasteiger partial charge in [0.25, 0.3) is 0 Å². The molecule has 4 N–H and O–H groups in total. The van der Waals surface area contributed by atoms with E-state index in [1.54, 1.807) is 19.0 Å². The Bertz CT molecular complexity index is 909. The zero-order valence-electron chi connectivity index (χ0n) is 21.6. The molecule has 1 amide bonds. The number of carbonyl (C=O) groups excluding carboxylic acids is 1. The Morgan fingerprint density at radius 3 is 2.45 bits per heavy atom. The quantitative estimate of drug-likeness (QED) is 0.0376. The van der Waals surface area contributed by atoms with Crippen LogP contribution >= 0.6 is 0 Å². The number of carboxylic acids is 3. The van der Waals surface area contributed by atoms with Gasteiger partial charge in [-0.2, -0.15) is 0 Å². The molecule has 0 saturated heterocycles. The first-order valence-corrected chi connectivity index (χ1v) is 16.6. The van der Waals surface area contributed by atoms with Crippen LogP contribution in [0.15, 0.2) is 18.2 Å². The molecule has 0 fully saturated rings. The molecule has 2 heterocycles. The summed E-state index contributed by atoms with van der Waals surface area (Å²) in [5.74, 6) is -2.93. The van der Waals surface area contributed by atoms with Gasteiger partial charge in [0.1, 0.15) is 0 Å². The average Bonchev–Trinajstić information content (AvgIpc) is 2.81. The van der Waals surface area contributed by atoms with Gasteiger partial charge in [0.2, 0.25) is 0 Å². The van der Waals surface area contributed by atoms with E-state index in [1.165, 1.54) is 0 Å². The van der Waals surface area contributed by atoms with Gasteiger partial charge in [-0.1, -0.05) is 0 Å². The minimum absolute atomic E-state index is 0.0619. The van der Waals surface area contributed by atoms with E-state index >= 15 is 0 Å². The van der Waals surface area contributed by atoms with Crippen LogP contribution in [0.5, 0.6) is 0 Å². The number of amides is 1. The van der Waals surface area contributed by atoms with E-state index in [0.29, 0.717) is 43.7 Å². The van der Waals surface area contributed by atoms with Crippen LogP contribution in [0.25, 0.3) is 0 Å². The van der Waals surface area contributed by atoms with Crippen LogP contribution in [0.2, 0.25) is 0 Å². The first kappa shape index (κ1) is 32.5. The molecule has 0 radical (unpaired) electrons. The SMILES string of the molecule is CN(C)C(CCC(=O)NCCCN1CCN(CC(=O)O)[I-]c2cccc(n2)CN(CC(=O)O)[I-]C1)C(=O)O. The Hall–Kier alpha value is -1.67. The number of halogens is 2. The fourth-order valence-electron chi connectivity index (χ4n) is 3.59. The van der Waals surface area contributed by atoms with Crippen LogP contribution in [-0.2, 0) is 25.7 Å². The summed E-state index contributed by atoms with van der Waals surface area (Å²) in [6.07, 6.45) is 1.01. The van der Waals surface area contributed by atoms with Crippen molar-refractivity contribution in [1.82, 2.24) is 26.3 Å². The molecule has 0 spiro atoms. The van der Waals surface area contributed by atoms with Crippen molar-refractivity contribution in [2.45, 2.75) is 31.8 Å². The molecule has 1 aliphatic heterocycles. The standard InChI is InChI=1S/C23H36I2N6O7/c1-28(2)18(23(37)38)7-8-20(32)26-9-4-10-29-11-12-30(14-21(33)34)25-19-6-3-5-17(27-19)13-31(24-16-29)15-22(35)36/h3,5-6,18H,4,7-16H2,1-2H3,(H,26,32)(H,33,34)(H,35,36)(H,37,38)/q-2. The number of hydrogen-bond acceptors (Lipinski definition) is 9. The number of aromatic nitrogens is 1. The zero-order valence-corrected chi connectivity index (χ0v) is 25.9. The van der Waals surface area contributed by atoms with E-state index in [-0.39, 0.29) is 31.8 Å². The molecule has 38 heavy (non-hydrogen) atoms. The summed E-state index contributed by atoms with van der Waals surface area (Å²) in [5, 5.41) is 30.9. The van der Waals surface area contributed by atoms with Crippen molar-refractivity contribution in [1.29, 1.82) is 0 Å². The van der Waals surface area contributed by atoms with Crippen molar-refractivity contribution in [3.63, 3.8) is 0 Å². The maximum atomic E-state index is 12.2. The Morgan fingerprint density at radius 2 is 1.79 bits per heavy atom. The molecule has 0 saturated carbocycles. The van der Waals surface area contributed by atoms with E-state index in [4.69, 9.17) is 0 Å². The van der Waals surface area contributed by atoms with Gasteiger partial charge < -0.3 is 0 Å². The van der Waals surface area contributed by atoms with Crippen LogP contribution < -0.4 is 48.3 Å². The summed E-state index contributed by atoms with van der Waals surface area (Å²) in [7, 11) is 3.34. The van der Waals surface area contributed by atoms with Crippen LogP contribution in [0, 0.1) is 3.70 Å². The Labute approximate surface area is 243 Å². The summed E-state index contributed by atoms with van der Waals surface area (Å²) in [6.45, 7) is 2.60. The summed E-state index contributed by atoms with van der Waals surface area (Å²) < 4.78 is 5.44. The number of rotatable bonds is 13. The van der Waals surface area contributed by atoms with Gasteiger partial charge in [0.15, 0.2) is 0 Å². The second-order valence-electron chi connectivity index (χ2n) is 8.86. The maximum absolute atomic E-state index is 12.2. The normalized spacial score (nSPS) is 17.2. The number of nitrogens with one attached hydrogen (secondary N) is 1. The predicted octanol–water partition coefficient (Wildman–Crippen LogP) is -6.89. The molecular formula is C23H36I2N6O7-2. The molecule has 1 unspecified atom stereocenters. The number of likely N-dealkylation sites (N-methyl/N-ethyl adjacent to an activating group) is 1. The van der Waals surface area contributed by atoms with Crippen molar-refractivity contribution in [2.24, 2.45) is 0 Å². The van der Waals surface area contributed by atoms with Gasteiger partial charge in [0.05, 0.1) is 0 Å². The third-order valence-electron chi connectivity index (χ3n) is 5.50. The first-order chi connectivity index (χ1) is 18.0. The molecule has 2 rings (SSSR count). The Balaban J connectivity index is 1.97. The fraction of sp³-hybridized carbons (Fsp3) is 0.609. The third-order valence-corrected chi connectivity index (χ3v) is 11.0. The van der Waals surface area contributed by atoms with E-state index in [0.717, 1.165) is 9.39 Å². The first-order valence-electron chi connectivity index (χ1n) is 12.1. The molecular weight excluding hydrogens is 726 g/mol. The summed E-state index contributed by atoms with van der Waals surface area (Å²) in [4.78, 5) is 54.9. The van der Waals surface area contributed by atoms with Crippen molar-refractivity contribution in [2.75, 3.05) is 57.9 Å². The van der Waals surface area contributed by atoms with Crippen molar-refractivity contribution < 1.29 is 77.5 Å². The number of nitrogens with zero attached hydrogens (tertiary/aromatic N) is 5. The number of aliphatic carboxylic acids is 3. The number of alkyl halides is 1. The van der Waals surface area contributed by atoms with Crippen molar-refractivity contribution >= 4 is 23.8 Å². The number of fused-ring (bicyclic) bond motifs is 2. The predicted molar refractivity (Wildman–Crippen MR) is 129 cm³/mol. The number of pyridine rings is 1. The van der Waals surface area contributed by atoms with Gasteiger partial charge in [-0.3, -0.25) is 0 Å². The molecule has 1 aliphatic rings. The monoisotopic (exact) mass is 762 g/mol. The summed E-state index contributed by atoms with van der Waals surface area (Å²) in [6, 6.07) is 4.94. The molecule has 0 aliphatic carbocycles. The van der Waals surface area contributed by atoms with E-state index in [1.807, 2.05) is 24.4 Å².